The molecule has 0 bridgehead atoms. The van der Waals surface area contributed by atoms with Crippen LogP contribution < -0.4 is 14.8 Å². The van der Waals surface area contributed by atoms with Crippen LogP contribution in [0.5, 0.6) is 11.5 Å². The molecule has 2 aromatic rings. The lowest BCUT2D eigenvalue weighted by Gasteiger charge is -2.12. The molecule has 0 aromatic heterocycles. The van der Waals surface area contributed by atoms with E-state index in [1.807, 2.05) is 24.3 Å². The third kappa shape index (κ3) is 3.01. The molecule has 1 aliphatic heterocycles. The third-order valence-corrected chi connectivity index (χ3v) is 3.90. The lowest BCUT2D eigenvalue weighted by atomic mass is 10.0. The number of methoxy groups -OCH3 is 1. The van der Waals surface area contributed by atoms with E-state index in [0.29, 0.717) is 28.7 Å². The fourth-order valence-corrected chi connectivity index (χ4v) is 2.83. The zero-order valence-corrected chi connectivity index (χ0v) is 13.9. The van der Waals surface area contributed by atoms with Crippen molar-refractivity contribution in [2.24, 2.45) is 0 Å². The lowest BCUT2D eigenvalue weighted by molar-refractivity contribution is -0.110. The Morgan fingerprint density at radius 3 is 2.83 bits per heavy atom. The van der Waals surface area contributed by atoms with Gasteiger partial charge in [-0.15, -0.1) is 0 Å². The summed E-state index contributed by atoms with van der Waals surface area (Å²) < 4.78 is 10.9. The van der Waals surface area contributed by atoms with Crippen LogP contribution >= 0.6 is 11.6 Å². The second-order valence-corrected chi connectivity index (χ2v) is 5.60. The van der Waals surface area contributed by atoms with Gasteiger partial charge in [-0.2, -0.15) is 0 Å². The highest BCUT2D eigenvalue weighted by Gasteiger charge is 2.23. The molecule has 0 radical (unpaired) electrons. The number of anilines is 1. The predicted octanol–water partition coefficient (Wildman–Crippen LogP) is 4.41. The van der Waals surface area contributed by atoms with E-state index in [0.717, 1.165) is 16.8 Å². The molecule has 0 spiro atoms. The fourth-order valence-electron chi connectivity index (χ4n) is 2.55. The van der Waals surface area contributed by atoms with E-state index < -0.39 is 0 Å². The topological polar surface area (TPSA) is 47.6 Å². The molecule has 0 atom stereocenters. The summed E-state index contributed by atoms with van der Waals surface area (Å²) in [5, 5.41) is 3.25. The molecule has 5 heteroatoms. The molecule has 0 unspecified atom stereocenters. The Morgan fingerprint density at radius 2 is 2.08 bits per heavy atom. The second-order valence-electron chi connectivity index (χ2n) is 5.19. The fraction of sp³-hybridized carbons (Fsp3) is 0.105. The Morgan fingerprint density at radius 1 is 1.29 bits per heavy atom. The van der Waals surface area contributed by atoms with Crippen molar-refractivity contribution in [3.8, 4) is 11.5 Å². The first-order valence-electron chi connectivity index (χ1n) is 7.37. The number of amides is 1. The molecule has 24 heavy (non-hydrogen) atoms. The molecular formula is C19H16ClNO3. The highest BCUT2D eigenvalue weighted by molar-refractivity contribution is 6.35. The standard InChI is InChI=1S/C19H16ClNO3/c1-3-8-24-18-15(20)10-12(11-17(18)23-2)9-14-13-6-4-5-7-16(13)21-19(14)22/h3-7,9-11H,1,8H2,2H3,(H,21,22)/b14-9-. The number of para-hydroxylation sites is 1. The van der Waals surface area contributed by atoms with Crippen molar-refractivity contribution in [2.45, 2.75) is 0 Å². The van der Waals surface area contributed by atoms with Crippen molar-refractivity contribution in [3.63, 3.8) is 0 Å². The highest BCUT2D eigenvalue weighted by atomic mass is 35.5. The molecule has 1 aliphatic rings. The van der Waals surface area contributed by atoms with Crippen molar-refractivity contribution in [1.29, 1.82) is 0 Å². The number of benzene rings is 2. The molecule has 0 aliphatic carbocycles. The maximum Gasteiger partial charge on any atom is 0.256 e. The lowest BCUT2D eigenvalue weighted by Crippen LogP contribution is -2.03. The third-order valence-electron chi connectivity index (χ3n) is 3.62. The average Bonchev–Trinajstić information content (AvgIpc) is 2.89. The van der Waals surface area contributed by atoms with Crippen LogP contribution in [-0.4, -0.2) is 19.6 Å². The Balaban J connectivity index is 2.03. The van der Waals surface area contributed by atoms with E-state index in [-0.39, 0.29) is 5.91 Å². The quantitative estimate of drug-likeness (QED) is 0.647. The summed E-state index contributed by atoms with van der Waals surface area (Å²) in [5.74, 6) is 0.818. The van der Waals surface area contributed by atoms with Crippen LogP contribution in [0.25, 0.3) is 11.6 Å². The van der Waals surface area contributed by atoms with Crippen LogP contribution in [0.3, 0.4) is 0 Å². The van der Waals surface area contributed by atoms with Crippen LogP contribution in [0, 0.1) is 0 Å². The monoisotopic (exact) mass is 341 g/mol. The molecule has 1 heterocycles. The van der Waals surface area contributed by atoms with Gasteiger partial charge in [0.15, 0.2) is 11.5 Å². The summed E-state index contributed by atoms with van der Waals surface area (Å²) in [5.41, 5.74) is 3.01. The molecule has 3 rings (SSSR count). The number of hydrogen-bond acceptors (Lipinski definition) is 3. The van der Waals surface area contributed by atoms with E-state index >= 15 is 0 Å². The zero-order valence-electron chi connectivity index (χ0n) is 13.1. The molecule has 4 nitrogen and oxygen atoms in total. The number of rotatable bonds is 5. The van der Waals surface area contributed by atoms with Gasteiger partial charge >= 0.3 is 0 Å². The largest absolute Gasteiger partial charge is 0.493 e. The van der Waals surface area contributed by atoms with E-state index in [9.17, 15) is 4.79 Å². The predicted molar refractivity (Wildman–Crippen MR) is 96.6 cm³/mol. The van der Waals surface area contributed by atoms with Gasteiger partial charge in [-0.25, -0.2) is 0 Å². The van der Waals surface area contributed by atoms with Gasteiger partial charge in [0.25, 0.3) is 5.91 Å². The van der Waals surface area contributed by atoms with Crippen molar-refractivity contribution >= 4 is 34.8 Å². The van der Waals surface area contributed by atoms with Crippen LogP contribution in [0.4, 0.5) is 5.69 Å². The van der Waals surface area contributed by atoms with Gasteiger partial charge in [-0.3, -0.25) is 4.79 Å². The zero-order chi connectivity index (χ0) is 17.1. The van der Waals surface area contributed by atoms with Crippen molar-refractivity contribution in [1.82, 2.24) is 0 Å². The maximum atomic E-state index is 12.2. The van der Waals surface area contributed by atoms with Crippen LogP contribution in [0.2, 0.25) is 5.02 Å². The summed E-state index contributed by atoms with van der Waals surface area (Å²) >= 11 is 6.30. The van der Waals surface area contributed by atoms with Gasteiger partial charge in [-0.05, 0) is 29.8 Å². The maximum absolute atomic E-state index is 12.2. The highest BCUT2D eigenvalue weighted by Crippen LogP contribution is 2.39. The van der Waals surface area contributed by atoms with Crippen molar-refractivity contribution in [3.05, 3.63) is 65.2 Å². The van der Waals surface area contributed by atoms with Gasteiger partial charge in [0.2, 0.25) is 0 Å². The summed E-state index contributed by atoms with van der Waals surface area (Å²) in [7, 11) is 1.54. The second kappa shape index (κ2) is 6.81. The Bertz CT molecular complexity index is 843. The van der Waals surface area contributed by atoms with E-state index in [1.54, 1.807) is 31.4 Å². The van der Waals surface area contributed by atoms with Gasteiger partial charge in [0.1, 0.15) is 6.61 Å². The van der Waals surface area contributed by atoms with E-state index in [4.69, 9.17) is 21.1 Å². The molecule has 1 amide bonds. The first-order chi connectivity index (χ1) is 11.6. The Labute approximate surface area is 145 Å². The average molecular weight is 342 g/mol. The SMILES string of the molecule is C=CCOc1c(Cl)cc(/C=C2\C(=O)Nc3ccccc32)cc1OC. The minimum absolute atomic E-state index is 0.140. The van der Waals surface area contributed by atoms with E-state index in [2.05, 4.69) is 11.9 Å². The number of carbonyl (C=O) groups is 1. The van der Waals surface area contributed by atoms with E-state index in [1.165, 1.54) is 0 Å². The Kier molecular flexibility index (Phi) is 4.58. The summed E-state index contributed by atoms with van der Waals surface area (Å²) in [6, 6.07) is 11.1. The molecule has 2 aromatic carbocycles. The molecule has 0 saturated heterocycles. The van der Waals surface area contributed by atoms with Crippen LogP contribution in [0.1, 0.15) is 11.1 Å². The van der Waals surface area contributed by atoms with Gasteiger partial charge in [0, 0.05) is 16.8 Å². The van der Waals surface area contributed by atoms with Crippen molar-refractivity contribution in [2.75, 3.05) is 19.0 Å². The molecule has 0 saturated carbocycles. The number of carbonyl (C=O) groups excluding carboxylic acids is 1. The van der Waals surface area contributed by atoms with Crippen LogP contribution in [0.15, 0.2) is 49.1 Å². The first-order valence-corrected chi connectivity index (χ1v) is 7.75. The number of halogens is 1. The number of nitrogens with one attached hydrogen (secondary N) is 1. The van der Waals surface area contributed by atoms with Crippen LogP contribution in [-0.2, 0) is 4.79 Å². The Hall–Kier alpha value is -2.72. The summed E-state index contributed by atoms with van der Waals surface area (Å²) in [4.78, 5) is 12.2. The normalized spacial score (nSPS) is 14.2. The molecular weight excluding hydrogens is 326 g/mol. The number of hydrogen-bond donors (Lipinski definition) is 1. The van der Waals surface area contributed by atoms with Gasteiger partial charge in [-0.1, -0.05) is 42.5 Å². The van der Waals surface area contributed by atoms with Gasteiger partial charge < -0.3 is 14.8 Å². The number of ether oxygens (including phenoxy) is 2. The summed E-state index contributed by atoms with van der Waals surface area (Å²) in [6.45, 7) is 3.94. The minimum atomic E-state index is -0.140. The summed E-state index contributed by atoms with van der Waals surface area (Å²) in [6.07, 6.45) is 3.41. The smallest absolute Gasteiger partial charge is 0.256 e. The van der Waals surface area contributed by atoms with Crippen molar-refractivity contribution < 1.29 is 14.3 Å². The number of fused-ring (bicyclic) bond motifs is 1. The first kappa shape index (κ1) is 16.1. The molecule has 122 valence electrons. The minimum Gasteiger partial charge on any atom is -0.493 e. The molecule has 1 N–H and O–H groups in total. The molecule has 0 fully saturated rings. The van der Waals surface area contributed by atoms with Gasteiger partial charge in [0.05, 0.1) is 12.1 Å².